The van der Waals surface area contributed by atoms with E-state index < -0.39 is 25.0 Å². The summed E-state index contributed by atoms with van der Waals surface area (Å²) in [6.07, 6.45) is 6.91. The molecule has 8 heteroatoms. The van der Waals surface area contributed by atoms with Gasteiger partial charge in [-0.1, -0.05) is 161 Å². The van der Waals surface area contributed by atoms with Crippen molar-refractivity contribution in [2.24, 2.45) is 17.8 Å². The van der Waals surface area contributed by atoms with Crippen molar-refractivity contribution in [1.82, 2.24) is 0 Å². The zero-order chi connectivity index (χ0) is 40.5. The number of ether oxygens (including phenoxy) is 1. The number of aliphatic hydroxyl groups is 1. The molecule has 0 radical (unpaired) electrons. The molecule has 0 saturated carbocycles. The Labute approximate surface area is 329 Å². The van der Waals surface area contributed by atoms with E-state index in [-0.39, 0.29) is 51.7 Å². The van der Waals surface area contributed by atoms with E-state index in [9.17, 15) is 5.11 Å². The van der Waals surface area contributed by atoms with Gasteiger partial charge in [-0.15, -0.1) is 0 Å². The lowest BCUT2D eigenvalue weighted by Gasteiger charge is -2.46. The van der Waals surface area contributed by atoms with Crippen molar-refractivity contribution in [3.63, 3.8) is 0 Å². The molecular formula is C45H78O5Si3. The van der Waals surface area contributed by atoms with Gasteiger partial charge in [-0.25, -0.2) is 0 Å². The van der Waals surface area contributed by atoms with Crippen LogP contribution in [0.3, 0.4) is 0 Å². The van der Waals surface area contributed by atoms with Crippen LogP contribution in [0.15, 0.2) is 84.5 Å². The first-order chi connectivity index (χ1) is 24.3. The molecule has 0 aliphatic rings. The van der Waals surface area contributed by atoms with Crippen LogP contribution in [0.4, 0.5) is 0 Å². The molecule has 1 N–H and O–H groups in total. The second-order valence-corrected chi connectivity index (χ2v) is 33.4. The monoisotopic (exact) mass is 783 g/mol. The Morgan fingerprint density at radius 2 is 1.21 bits per heavy atom. The topological polar surface area (TPSA) is 57.2 Å². The first kappa shape index (κ1) is 47.5. The van der Waals surface area contributed by atoms with Gasteiger partial charge < -0.3 is 23.1 Å². The molecule has 2 aromatic rings. The Bertz CT molecular complexity index is 1380. The largest absolute Gasteiger partial charge is 0.414 e. The fourth-order valence-electron chi connectivity index (χ4n) is 6.59. The smallest absolute Gasteiger partial charge is 0.261 e. The molecule has 0 bridgehead atoms. The maximum atomic E-state index is 10.9. The summed E-state index contributed by atoms with van der Waals surface area (Å²) in [5.74, 6) is 0.233. The molecular weight excluding hydrogens is 705 g/mol. The molecule has 0 fully saturated rings. The third kappa shape index (κ3) is 12.7. The van der Waals surface area contributed by atoms with E-state index >= 15 is 0 Å². The van der Waals surface area contributed by atoms with Crippen molar-refractivity contribution in [3.05, 3.63) is 84.5 Å². The molecule has 0 amide bonds. The summed E-state index contributed by atoms with van der Waals surface area (Å²) < 4.78 is 27.0. The predicted octanol–water partition coefficient (Wildman–Crippen LogP) is 10.8. The quantitative estimate of drug-likeness (QED) is 0.114. The van der Waals surface area contributed by atoms with Gasteiger partial charge in [0.1, 0.15) is 0 Å². The van der Waals surface area contributed by atoms with Gasteiger partial charge >= 0.3 is 0 Å². The van der Waals surface area contributed by atoms with Crippen LogP contribution >= 0.6 is 0 Å². The third-order valence-electron chi connectivity index (χ3n) is 12.3. The van der Waals surface area contributed by atoms with E-state index in [4.69, 9.17) is 18.0 Å². The zero-order valence-corrected chi connectivity index (χ0v) is 39.8. The molecule has 5 nitrogen and oxygen atoms in total. The van der Waals surface area contributed by atoms with Crippen LogP contribution in [0.5, 0.6) is 0 Å². The minimum absolute atomic E-state index is 0.0323. The Morgan fingerprint density at radius 3 is 1.62 bits per heavy atom. The van der Waals surface area contributed by atoms with Crippen molar-refractivity contribution in [2.45, 2.75) is 143 Å². The average Bonchev–Trinajstić information content (AvgIpc) is 3.06. The summed E-state index contributed by atoms with van der Waals surface area (Å²) in [5, 5.41) is 13.6. The Hall–Kier alpha value is -1.63. The minimum Gasteiger partial charge on any atom is -0.414 e. The van der Waals surface area contributed by atoms with Gasteiger partial charge in [-0.2, -0.15) is 0 Å². The van der Waals surface area contributed by atoms with Crippen LogP contribution in [-0.4, -0.2) is 69.2 Å². The second-order valence-electron chi connectivity index (χ2n) is 19.5. The number of hydrogen-bond donors (Lipinski definition) is 1. The number of methoxy groups -OCH3 is 1. The molecule has 5 atom stereocenters. The van der Waals surface area contributed by atoms with E-state index in [1.807, 2.05) is 0 Å². The summed E-state index contributed by atoms with van der Waals surface area (Å²) in [5.41, 5.74) is 1.22. The summed E-state index contributed by atoms with van der Waals surface area (Å²) in [4.78, 5) is 0. The van der Waals surface area contributed by atoms with Crippen LogP contribution < -0.4 is 10.4 Å². The van der Waals surface area contributed by atoms with Crippen LogP contribution in [0.25, 0.3) is 0 Å². The molecule has 0 unspecified atom stereocenters. The lowest BCUT2D eigenvalue weighted by atomic mass is 9.81. The lowest BCUT2D eigenvalue weighted by Crippen LogP contribution is -2.67. The van der Waals surface area contributed by atoms with Crippen molar-refractivity contribution < 1.29 is 23.1 Å². The number of benzene rings is 2. The normalized spacial score (nSPS) is 17.1. The molecule has 0 aliphatic heterocycles. The van der Waals surface area contributed by atoms with Crippen LogP contribution in [0.2, 0.25) is 41.3 Å². The summed E-state index contributed by atoms with van der Waals surface area (Å²) >= 11 is 0. The van der Waals surface area contributed by atoms with Gasteiger partial charge in [0.05, 0.1) is 18.8 Å². The fraction of sp³-hybridized carbons (Fsp3) is 0.644. The number of hydrogen-bond acceptors (Lipinski definition) is 5. The van der Waals surface area contributed by atoms with Crippen molar-refractivity contribution in [3.8, 4) is 0 Å². The molecule has 0 spiro atoms. The highest BCUT2D eigenvalue weighted by Gasteiger charge is 2.51. The van der Waals surface area contributed by atoms with Gasteiger partial charge in [0.2, 0.25) is 0 Å². The highest BCUT2D eigenvalue weighted by molar-refractivity contribution is 6.99. The zero-order valence-electron chi connectivity index (χ0n) is 36.8. The van der Waals surface area contributed by atoms with E-state index in [1.165, 1.54) is 15.9 Å². The van der Waals surface area contributed by atoms with Crippen molar-refractivity contribution in [2.75, 3.05) is 26.9 Å². The van der Waals surface area contributed by atoms with Crippen molar-refractivity contribution in [1.29, 1.82) is 0 Å². The minimum atomic E-state index is -2.73. The lowest BCUT2D eigenvalue weighted by molar-refractivity contribution is 0.0139. The Kier molecular flexibility index (Phi) is 17.5. The number of rotatable bonds is 19. The maximum absolute atomic E-state index is 10.9. The highest BCUT2D eigenvalue weighted by Crippen LogP contribution is 2.42. The summed E-state index contributed by atoms with van der Waals surface area (Å²) in [6.45, 7) is 37.8. The van der Waals surface area contributed by atoms with Gasteiger partial charge in [0, 0.05) is 26.2 Å². The van der Waals surface area contributed by atoms with E-state index in [1.54, 1.807) is 7.11 Å². The first-order valence-electron chi connectivity index (χ1n) is 19.9. The standard InChI is InChI=1S/C45H78O5Si3/c1-35(25-24-26-39(47-13)34-48-51(14,15)43(4,5)6)31-38(32-46)37(3)42(50-52(16,17)44(7,8)9)36(2)33-49-53(45(10,11)12,40-27-20-18-21-28-40)41-29-22-19-23-30-41/h18-30,36-39,42,46H,31-34H2,1-17H3/b26-24+,35-25-/t36-,37+,38-,39-,42-/m1/s1. The molecule has 2 aromatic carbocycles. The van der Waals surface area contributed by atoms with E-state index in [0.29, 0.717) is 13.2 Å². The van der Waals surface area contributed by atoms with Crippen LogP contribution in [0.1, 0.15) is 89.5 Å². The molecule has 0 aromatic heterocycles. The first-order valence-corrected chi connectivity index (χ1v) is 27.6. The summed E-state index contributed by atoms with van der Waals surface area (Å²) in [7, 11) is -5.03. The second kappa shape index (κ2) is 19.5. The Morgan fingerprint density at radius 1 is 0.717 bits per heavy atom. The van der Waals surface area contributed by atoms with E-state index in [2.05, 4.69) is 188 Å². The Balaban J connectivity index is 2.42. The molecule has 2 rings (SSSR count). The molecule has 53 heavy (non-hydrogen) atoms. The number of aliphatic hydroxyl groups excluding tert-OH is 1. The maximum Gasteiger partial charge on any atom is 0.261 e. The number of allylic oxidation sites excluding steroid dienone is 3. The average molecular weight is 783 g/mol. The van der Waals surface area contributed by atoms with Gasteiger partial charge in [-0.05, 0) is 76.9 Å². The van der Waals surface area contributed by atoms with Gasteiger partial charge in [-0.3, -0.25) is 0 Å². The van der Waals surface area contributed by atoms with E-state index in [0.717, 1.165) is 6.42 Å². The molecule has 0 aliphatic carbocycles. The fourth-order valence-corrected chi connectivity index (χ4v) is 13.8. The molecule has 0 saturated heterocycles. The van der Waals surface area contributed by atoms with Gasteiger partial charge in [0.25, 0.3) is 8.32 Å². The van der Waals surface area contributed by atoms with Crippen LogP contribution in [0, 0.1) is 17.8 Å². The van der Waals surface area contributed by atoms with Gasteiger partial charge in [0.15, 0.2) is 16.6 Å². The SMILES string of the molecule is CO[C@H](/C=C/C=C(/C)C[C@H](CO)[C@H](C)[C@H](O[Si](C)(C)C(C)(C)C)[C@H](C)CO[Si](c1ccccc1)(c1ccccc1)C(C)(C)C)CO[Si](C)(C)C(C)(C)C. The predicted molar refractivity (Wildman–Crippen MR) is 236 cm³/mol. The van der Waals surface area contributed by atoms with Crippen LogP contribution in [-0.2, 0) is 18.0 Å². The van der Waals surface area contributed by atoms with Crippen molar-refractivity contribution >= 4 is 35.3 Å². The summed E-state index contributed by atoms with van der Waals surface area (Å²) in [6, 6.07) is 21.7. The highest BCUT2D eigenvalue weighted by atomic mass is 28.4. The third-order valence-corrected chi connectivity index (χ3v) is 26.3. The molecule has 0 heterocycles. The molecule has 300 valence electrons.